The maximum absolute atomic E-state index is 13.0. The molecule has 1 saturated heterocycles. The summed E-state index contributed by atoms with van der Waals surface area (Å²) in [6.07, 6.45) is 4.50. The molecule has 1 unspecified atom stereocenters. The summed E-state index contributed by atoms with van der Waals surface area (Å²) >= 11 is 0. The zero-order valence-corrected chi connectivity index (χ0v) is 15.3. The number of carbonyl (C=O) groups excluding carboxylic acids is 1. The largest absolute Gasteiger partial charge is 0.396 e. The third-order valence-corrected chi connectivity index (χ3v) is 5.20. The first-order chi connectivity index (χ1) is 13.2. The van der Waals surface area contributed by atoms with Gasteiger partial charge in [0.2, 0.25) is 0 Å². The third kappa shape index (κ3) is 4.01. The van der Waals surface area contributed by atoms with Gasteiger partial charge in [0.25, 0.3) is 5.91 Å². The number of likely N-dealkylation sites (tertiary alicyclic amines) is 1. The van der Waals surface area contributed by atoms with Gasteiger partial charge in [0, 0.05) is 44.4 Å². The highest BCUT2D eigenvalue weighted by atomic mass is 16.3. The number of piperidine rings is 1. The highest BCUT2D eigenvalue weighted by Gasteiger charge is 2.25. The van der Waals surface area contributed by atoms with E-state index in [2.05, 4.69) is 16.4 Å². The summed E-state index contributed by atoms with van der Waals surface area (Å²) in [6.45, 7) is 2.37. The molecule has 1 aromatic heterocycles. The second kappa shape index (κ2) is 7.88. The van der Waals surface area contributed by atoms with Crippen LogP contribution in [0.4, 0.5) is 0 Å². The lowest BCUT2D eigenvalue weighted by molar-refractivity contribution is 0.0659. The van der Waals surface area contributed by atoms with Crippen molar-refractivity contribution in [3.63, 3.8) is 0 Å². The molecular formula is C21H24N4O2. The molecule has 6 nitrogen and oxygen atoms in total. The van der Waals surface area contributed by atoms with Crippen molar-refractivity contribution < 1.29 is 9.90 Å². The molecule has 3 aromatic rings. The van der Waals surface area contributed by atoms with Crippen molar-refractivity contribution in [1.29, 1.82) is 0 Å². The molecular weight excluding hydrogens is 340 g/mol. The summed E-state index contributed by atoms with van der Waals surface area (Å²) in [6, 6.07) is 14.0. The summed E-state index contributed by atoms with van der Waals surface area (Å²) in [5, 5.41) is 19.5. The molecule has 0 aliphatic carbocycles. The Hall–Kier alpha value is -2.73. The van der Waals surface area contributed by atoms with Crippen molar-refractivity contribution in [3.05, 3.63) is 59.9 Å². The van der Waals surface area contributed by atoms with Gasteiger partial charge in [-0.15, -0.1) is 5.10 Å². The van der Waals surface area contributed by atoms with Crippen LogP contribution in [0.3, 0.4) is 0 Å². The lowest BCUT2D eigenvalue weighted by Gasteiger charge is -2.32. The van der Waals surface area contributed by atoms with Gasteiger partial charge in [-0.3, -0.25) is 9.48 Å². The molecule has 0 bridgehead atoms. The van der Waals surface area contributed by atoms with Crippen molar-refractivity contribution in [2.45, 2.75) is 25.8 Å². The van der Waals surface area contributed by atoms with Gasteiger partial charge in [0.15, 0.2) is 0 Å². The highest BCUT2D eigenvalue weighted by Crippen LogP contribution is 2.22. The maximum Gasteiger partial charge on any atom is 0.253 e. The summed E-state index contributed by atoms with van der Waals surface area (Å²) < 4.78 is 1.83. The monoisotopic (exact) mass is 364 g/mol. The van der Waals surface area contributed by atoms with E-state index in [9.17, 15) is 4.79 Å². The Bertz CT molecular complexity index is 937. The summed E-state index contributed by atoms with van der Waals surface area (Å²) in [5.74, 6) is 0.469. The fourth-order valence-corrected chi connectivity index (χ4v) is 3.82. The van der Waals surface area contributed by atoms with Gasteiger partial charge in [-0.2, -0.15) is 0 Å². The minimum absolute atomic E-state index is 0.0795. The fourth-order valence-electron chi connectivity index (χ4n) is 3.82. The zero-order chi connectivity index (χ0) is 18.6. The van der Waals surface area contributed by atoms with Crippen molar-refractivity contribution in [2.24, 2.45) is 5.92 Å². The average Bonchev–Trinajstić information content (AvgIpc) is 3.14. The molecule has 1 atom stereocenters. The van der Waals surface area contributed by atoms with Crippen LogP contribution >= 0.6 is 0 Å². The van der Waals surface area contributed by atoms with E-state index in [1.165, 1.54) is 0 Å². The lowest BCUT2D eigenvalue weighted by Crippen LogP contribution is -2.41. The smallest absolute Gasteiger partial charge is 0.253 e. The lowest BCUT2D eigenvalue weighted by atomic mass is 9.97. The molecule has 1 N–H and O–H groups in total. The van der Waals surface area contributed by atoms with E-state index in [0.29, 0.717) is 12.3 Å². The van der Waals surface area contributed by atoms with Crippen LogP contribution in [0.25, 0.3) is 10.8 Å². The molecule has 6 heteroatoms. The van der Waals surface area contributed by atoms with Crippen molar-refractivity contribution >= 4 is 16.7 Å². The number of aliphatic hydroxyl groups is 1. The first-order valence-corrected chi connectivity index (χ1v) is 9.51. The normalized spacial score (nSPS) is 17.4. The van der Waals surface area contributed by atoms with E-state index in [0.717, 1.165) is 54.5 Å². The number of aromatic nitrogens is 3. The number of hydrogen-bond acceptors (Lipinski definition) is 4. The minimum Gasteiger partial charge on any atom is -0.396 e. The van der Waals surface area contributed by atoms with E-state index < -0.39 is 0 Å². The maximum atomic E-state index is 13.0. The van der Waals surface area contributed by atoms with E-state index in [1.807, 2.05) is 52.2 Å². The Morgan fingerprint density at radius 1 is 1.19 bits per heavy atom. The molecule has 0 spiro atoms. The van der Waals surface area contributed by atoms with Crippen LogP contribution in [0.5, 0.6) is 0 Å². The summed E-state index contributed by atoms with van der Waals surface area (Å²) in [4.78, 5) is 15.0. The second-order valence-corrected chi connectivity index (χ2v) is 7.23. The highest BCUT2D eigenvalue weighted by molar-refractivity contribution is 5.98. The Kier molecular flexibility index (Phi) is 5.16. The molecule has 140 valence electrons. The van der Waals surface area contributed by atoms with Crippen molar-refractivity contribution in [2.75, 3.05) is 19.7 Å². The van der Waals surface area contributed by atoms with Gasteiger partial charge in [-0.1, -0.05) is 35.5 Å². The predicted octanol–water partition coefficient (Wildman–Crippen LogP) is 2.52. The van der Waals surface area contributed by atoms with E-state index >= 15 is 0 Å². The topological polar surface area (TPSA) is 71.2 Å². The SMILES string of the molecule is O=C(c1ccc2ccccc2c1)N1CCCC(Cn2cc(CCO)nn2)C1. The van der Waals surface area contributed by atoms with Crippen LogP contribution in [0.2, 0.25) is 0 Å². The average molecular weight is 364 g/mol. The number of carbonyl (C=O) groups is 1. The quantitative estimate of drug-likeness (QED) is 0.755. The molecule has 1 fully saturated rings. The van der Waals surface area contributed by atoms with Crippen LogP contribution < -0.4 is 0 Å². The molecule has 0 radical (unpaired) electrons. The number of hydrogen-bond donors (Lipinski definition) is 1. The molecule has 27 heavy (non-hydrogen) atoms. The van der Waals surface area contributed by atoms with Crippen LogP contribution in [-0.4, -0.2) is 50.6 Å². The van der Waals surface area contributed by atoms with E-state index in [4.69, 9.17) is 5.11 Å². The second-order valence-electron chi connectivity index (χ2n) is 7.23. The first-order valence-electron chi connectivity index (χ1n) is 9.51. The Labute approximate surface area is 158 Å². The molecule has 1 aliphatic rings. The van der Waals surface area contributed by atoms with E-state index in [1.54, 1.807) is 0 Å². The number of aliphatic hydroxyl groups excluding tert-OH is 1. The summed E-state index contributed by atoms with van der Waals surface area (Å²) in [7, 11) is 0. The fraction of sp³-hybridized carbons (Fsp3) is 0.381. The standard InChI is InChI=1S/C21H24N4O2/c26-11-9-20-15-25(23-22-20)14-16-4-3-10-24(13-16)21(27)19-8-7-17-5-1-2-6-18(17)12-19/h1-2,5-8,12,15-16,26H,3-4,9-11,13-14H2. The zero-order valence-electron chi connectivity index (χ0n) is 15.3. The Morgan fingerprint density at radius 2 is 2.04 bits per heavy atom. The van der Waals surface area contributed by atoms with Crippen LogP contribution in [0.1, 0.15) is 28.9 Å². The van der Waals surface area contributed by atoms with Crippen LogP contribution in [0, 0.1) is 5.92 Å². The Morgan fingerprint density at radius 3 is 2.89 bits per heavy atom. The van der Waals surface area contributed by atoms with Crippen LogP contribution in [-0.2, 0) is 13.0 Å². The van der Waals surface area contributed by atoms with Gasteiger partial charge in [-0.05, 0) is 41.7 Å². The number of nitrogens with zero attached hydrogens (tertiary/aromatic N) is 4. The Balaban J connectivity index is 1.44. The predicted molar refractivity (Wildman–Crippen MR) is 103 cm³/mol. The van der Waals surface area contributed by atoms with Gasteiger partial charge in [-0.25, -0.2) is 0 Å². The molecule has 2 heterocycles. The molecule has 4 rings (SSSR count). The van der Waals surface area contributed by atoms with Gasteiger partial charge < -0.3 is 10.0 Å². The number of rotatable bonds is 5. The van der Waals surface area contributed by atoms with Crippen molar-refractivity contribution in [3.8, 4) is 0 Å². The number of amides is 1. The van der Waals surface area contributed by atoms with Gasteiger partial charge >= 0.3 is 0 Å². The van der Waals surface area contributed by atoms with E-state index in [-0.39, 0.29) is 12.5 Å². The minimum atomic E-state index is 0.0795. The molecule has 0 saturated carbocycles. The number of benzene rings is 2. The van der Waals surface area contributed by atoms with Crippen LogP contribution in [0.15, 0.2) is 48.7 Å². The summed E-state index contributed by atoms with van der Waals surface area (Å²) in [5.41, 5.74) is 1.55. The van der Waals surface area contributed by atoms with Crippen molar-refractivity contribution in [1.82, 2.24) is 19.9 Å². The molecule has 1 aliphatic heterocycles. The molecule has 1 amide bonds. The third-order valence-electron chi connectivity index (χ3n) is 5.20. The number of fused-ring (bicyclic) bond motifs is 1. The molecule has 2 aromatic carbocycles. The van der Waals surface area contributed by atoms with Gasteiger partial charge in [0.05, 0.1) is 5.69 Å². The van der Waals surface area contributed by atoms with Gasteiger partial charge in [0.1, 0.15) is 0 Å². The first kappa shape index (κ1) is 17.7.